The number of carbonyl (C=O) groups is 2. The number of piperidine rings is 1. The van der Waals surface area contributed by atoms with Crippen LogP contribution in [0.5, 0.6) is 0 Å². The highest BCUT2D eigenvalue weighted by molar-refractivity contribution is 5.95. The Labute approximate surface area is 71.5 Å². The summed E-state index contributed by atoms with van der Waals surface area (Å²) in [6, 6.07) is 0. The molecule has 12 heavy (non-hydrogen) atoms. The van der Waals surface area contributed by atoms with Gasteiger partial charge in [-0.3, -0.25) is 9.59 Å². The molecular weight excluding hydrogens is 154 g/mol. The molecule has 2 fully saturated rings. The second kappa shape index (κ2) is 2.57. The van der Waals surface area contributed by atoms with Gasteiger partial charge >= 0.3 is 0 Å². The second-order valence-electron chi connectivity index (χ2n) is 3.76. The molecule has 1 spiro atoms. The molecule has 1 unspecified atom stereocenters. The fourth-order valence-corrected chi connectivity index (χ4v) is 2.27. The lowest BCUT2D eigenvalue weighted by Gasteiger charge is -2.32. The Morgan fingerprint density at radius 3 is 2.25 bits per heavy atom. The quantitative estimate of drug-likeness (QED) is 0.579. The molecule has 1 saturated heterocycles. The lowest BCUT2D eigenvalue weighted by Crippen LogP contribution is -2.54. The van der Waals surface area contributed by atoms with Gasteiger partial charge in [-0.2, -0.15) is 0 Å². The lowest BCUT2D eigenvalue weighted by molar-refractivity contribution is -0.133. The van der Waals surface area contributed by atoms with Gasteiger partial charge in [0.05, 0.1) is 5.54 Å². The van der Waals surface area contributed by atoms with Crippen LogP contribution in [0.15, 0.2) is 0 Å². The van der Waals surface area contributed by atoms with Crippen LogP contribution in [0.3, 0.4) is 0 Å². The average Bonchev–Trinajstić information content (AvgIpc) is 2.33. The van der Waals surface area contributed by atoms with Crippen molar-refractivity contribution in [3.63, 3.8) is 0 Å². The minimum absolute atomic E-state index is 0.0523. The van der Waals surface area contributed by atoms with Crippen molar-refractivity contribution in [1.82, 2.24) is 5.32 Å². The highest BCUT2D eigenvalue weighted by atomic mass is 16.2. The van der Waals surface area contributed by atoms with Crippen LogP contribution >= 0.6 is 0 Å². The zero-order chi connectivity index (χ0) is 8.60. The number of amides is 1. The van der Waals surface area contributed by atoms with Crippen molar-refractivity contribution >= 4 is 11.7 Å². The fourth-order valence-electron chi connectivity index (χ4n) is 2.27. The number of nitrogens with one attached hydrogen (secondary N) is 1. The van der Waals surface area contributed by atoms with Crippen molar-refractivity contribution in [2.75, 3.05) is 0 Å². The second-order valence-corrected chi connectivity index (χ2v) is 3.76. The third-order valence-electron chi connectivity index (χ3n) is 2.93. The van der Waals surface area contributed by atoms with E-state index in [1.165, 1.54) is 0 Å². The topological polar surface area (TPSA) is 46.2 Å². The molecule has 1 heterocycles. The lowest BCUT2D eigenvalue weighted by atomic mass is 9.86. The maximum absolute atomic E-state index is 11.5. The third-order valence-corrected chi connectivity index (χ3v) is 2.93. The van der Waals surface area contributed by atoms with E-state index in [-0.39, 0.29) is 11.7 Å². The van der Waals surface area contributed by atoms with Gasteiger partial charge in [0.1, 0.15) is 0 Å². The standard InChI is InChI=1S/C9H13NO2/c11-7-3-1-5-9(7)6-2-4-8(12)10-9/h1-6H2,(H,10,12). The van der Waals surface area contributed by atoms with Crippen LogP contribution in [-0.4, -0.2) is 17.2 Å². The van der Waals surface area contributed by atoms with Crippen LogP contribution in [0.25, 0.3) is 0 Å². The van der Waals surface area contributed by atoms with Crippen molar-refractivity contribution in [2.45, 2.75) is 44.1 Å². The van der Waals surface area contributed by atoms with E-state index >= 15 is 0 Å². The predicted molar refractivity (Wildman–Crippen MR) is 43.6 cm³/mol. The van der Waals surface area contributed by atoms with Crippen LogP contribution in [0.1, 0.15) is 38.5 Å². The Hall–Kier alpha value is -0.860. The van der Waals surface area contributed by atoms with Crippen LogP contribution in [0.2, 0.25) is 0 Å². The molecule has 1 aliphatic heterocycles. The highest BCUT2D eigenvalue weighted by Gasteiger charge is 2.44. The first kappa shape index (κ1) is 7.77. The zero-order valence-corrected chi connectivity index (χ0v) is 7.06. The Kier molecular flexibility index (Phi) is 1.67. The van der Waals surface area contributed by atoms with Gasteiger partial charge in [0.15, 0.2) is 5.78 Å². The van der Waals surface area contributed by atoms with Gasteiger partial charge in [-0.05, 0) is 25.7 Å². The predicted octanol–water partition coefficient (Wildman–Crippen LogP) is 0.778. The van der Waals surface area contributed by atoms with E-state index in [9.17, 15) is 9.59 Å². The van der Waals surface area contributed by atoms with Gasteiger partial charge in [0.25, 0.3) is 0 Å². The summed E-state index contributed by atoms with van der Waals surface area (Å²) >= 11 is 0. The van der Waals surface area contributed by atoms with Crippen LogP contribution in [0.4, 0.5) is 0 Å². The van der Waals surface area contributed by atoms with Gasteiger partial charge in [0, 0.05) is 12.8 Å². The number of ketones is 1. The minimum atomic E-state index is -0.435. The average molecular weight is 167 g/mol. The molecule has 0 radical (unpaired) electrons. The van der Waals surface area contributed by atoms with Crippen molar-refractivity contribution in [1.29, 1.82) is 0 Å². The van der Waals surface area contributed by atoms with Gasteiger partial charge in [0.2, 0.25) is 5.91 Å². The largest absolute Gasteiger partial charge is 0.344 e. The van der Waals surface area contributed by atoms with Gasteiger partial charge in [-0.25, -0.2) is 0 Å². The van der Waals surface area contributed by atoms with Crippen molar-refractivity contribution in [3.8, 4) is 0 Å². The molecule has 0 aromatic rings. The normalized spacial score (nSPS) is 35.7. The van der Waals surface area contributed by atoms with Crippen molar-refractivity contribution in [2.24, 2.45) is 0 Å². The monoisotopic (exact) mass is 167 g/mol. The number of hydrogen-bond acceptors (Lipinski definition) is 2. The molecule has 1 N–H and O–H groups in total. The molecule has 0 bridgehead atoms. The highest BCUT2D eigenvalue weighted by Crippen LogP contribution is 2.33. The van der Waals surface area contributed by atoms with E-state index in [0.717, 1.165) is 25.7 Å². The van der Waals surface area contributed by atoms with Crippen molar-refractivity contribution < 1.29 is 9.59 Å². The van der Waals surface area contributed by atoms with Crippen molar-refractivity contribution in [3.05, 3.63) is 0 Å². The Morgan fingerprint density at radius 1 is 1.08 bits per heavy atom. The Balaban J connectivity index is 2.18. The summed E-state index contributed by atoms with van der Waals surface area (Å²) in [6.07, 6.45) is 4.78. The van der Waals surface area contributed by atoms with Crippen LogP contribution in [-0.2, 0) is 9.59 Å². The van der Waals surface area contributed by atoms with E-state index in [4.69, 9.17) is 0 Å². The fraction of sp³-hybridized carbons (Fsp3) is 0.778. The molecule has 1 aliphatic carbocycles. The van der Waals surface area contributed by atoms with Gasteiger partial charge in [-0.1, -0.05) is 0 Å². The minimum Gasteiger partial charge on any atom is -0.344 e. The summed E-state index contributed by atoms with van der Waals surface area (Å²) in [5, 5.41) is 2.85. The Bertz CT molecular complexity index is 237. The summed E-state index contributed by atoms with van der Waals surface area (Å²) in [6.45, 7) is 0. The Morgan fingerprint density at radius 2 is 1.75 bits per heavy atom. The molecule has 3 heteroatoms. The molecule has 1 saturated carbocycles. The maximum atomic E-state index is 11.5. The van der Waals surface area contributed by atoms with Gasteiger partial charge < -0.3 is 5.32 Å². The van der Waals surface area contributed by atoms with E-state index in [1.807, 2.05) is 0 Å². The molecule has 3 nitrogen and oxygen atoms in total. The number of Topliss-reactive ketones (excluding diaryl/α,β-unsaturated/α-hetero) is 1. The van der Waals surface area contributed by atoms with Crippen LogP contribution in [0, 0.1) is 0 Å². The molecule has 2 rings (SSSR count). The number of rotatable bonds is 0. The van der Waals surface area contributed by atoms with Crippen LogP contribution < -0.4 is 5.32 Å². The summed E-state index contributed by atoms with van der Waals surface area (Å²) in [4.78, 5) is 22.6. The van der Waals surface area contributed by atoms with E-state index < -0.39 is 5.54 Å². The van der Waals surface area contributed by atoms with E-state index in [2.05, 4.69) is 5.32 Å². The summed E-state index contributed by atoms with van der Waals surface area (Å²) in [7, 11) is 0. The molecular formula is C9H13NO2. The number of carbonyl (C=O) groups excluding carboxylic acids is 2. The smallest absolute Gasteiger partial charge is 0.220 e. The molecule has 1 amide bonds. The third kappa shape index (κ3) is 1.04. The first-order chi connectivity index (χ1) is 5.73. The maximum Gasteiger partial charge on any atom is 0.220 e. The van der Waals surface area contributed by atoms with E-state index in [0.29, 0.717) is 12.8 Å². The molecule has 0 aromatic heterocycles. The first-order valence-corrected chi connectivity index (χ1v) is 4.57. The molecule has 66 valence electrons. The SMILES string of the molecule is O=C1CCCC2(CCCC2=O)N1. The summed E-state index contributed by atoms with van der Waals surface area (Å²) in [5.74, 6) is 0.298. The zero-order valence-electron chi connectivity index (χ0n) is 7.06. The molecule has 2 aliphatic rings. The molecule has 0 aromatic carbocycles. The van der Waals surface area contributed by atoms with Gasteiger partial charge in [-0.15, -0.1) is 0 Å². The molecule has 1 atom stereocenters. The van der Waals surface area contributed by atoms with E-state index in [1.54, 1.807) is 0 Å². The first-order valence-electron chi connectivity index (χ1n) is 4.57. The summed E-state index contributed by atoms with van der Waals surface area (Å²) < 4.78 is 0. The number of hydrogen-bond donors (Lipinski definition) is 1. The summed E-state index contributed by atoms with van der Waals surface area (Å²) in [5.41, 5.74) is -0.435.